The van der Waals surface area contributed by atoms with Gasteiger partial charge in [0.15, 0.2) is 0 Å². The maximum absolute atomic E-state index is 12.0. The Balaban J connectivity index is 1.50. The van der Waals surface area contributed by atoms with Crippen LogP contribution in [0.15, 0.2) is 0 Å². The van der Waals surface area contributed by atoms with Gasteiger partial charge in [-0.15, -0.1) is 0 Å². The van der Waals surface area contributed by atoms with Crippen molar-refractivity contribution in [2.24, 2.45) is 5.92 Å². The third kappa shape index (κ3) is 2.36. The fourth-order valence-corrected chi connectivity index (χ4v) is 3.47. The molecule has 5 heteroatoms. The second-order valence-electron chi connectivity index (χ2n) is 5.77. The van der Waals surface area contributed by atoms with Crippen LogP contribution in [0.4, 0.5) is 0 Å². The summed E-state index contributed by atoms with van der Waals surface area (Å²) in [6.45, 7) is 2.84. The lowest BCUT2D eigenvalue weighted by Crippen LogP contribution is -2.48. The number of hydrogen-bond donors (Lipinski definition) is 2. The van der Waals surface area contributed by atoms with Crippen LogP contribution in [0.5, 0.6) is 0 Å². The van der Waals surface area contributed by atoms with Gasteiger partial charge in [-0.25, -0.2) is 0 Å². The van der Waals surface area contributed by atoms with Gasteiger partial charge < -0.3 is 15.5 Å². The molecule has 2 N–H and O–H groups in total. The van der Waals surface area contributed by atoms with Crippen LogP contribution in [0.3, 0.4) is 0 Å². The predicted octanol–water partition coefficient (Wildman–Crippen LogP) is -0.134. The number of rotatable bonds is 2. The van der Waals surface area contributed by atoms with E-state index in [-0.39, 0.29) is 17.7 Å². The molecule has 0 aromatic rings. The van der Waals surface area contributed by atoms with Crippen molar-refractivity contribution in [3.8, 4) is 0 Å². The first kappa shape index (κ1) is 12.0. The number of piperidine rings is 1. The molecule has 3 unspecified atom stereocenters. The highest BCUT2D eigenvalue weighted by Gasteiger charge is 2.34. The van der Waals surface area contributed by atoms with E-state index in [9.17, 15) is 9.59 Å². The number of amides is 2. The summed E-state index contributed by atoms with van der Waals surface area (Å²) < 4.78 is 0. The van der Waals surface area contributed by atoms with Gasteiger partial charge in [-0.2, -0.15) is 0 Å². The van der Waals surface area contributed by atoms with Crippen LogP contribution in [0.25, 0.3) is 0 Å². The molecule has 0 aromatic carbocycles. The molecule has 3 saturated heterocycles. The number of carbonyl (C=O) groups is 2. The van der Waals surface area contributed by atoms with Gasteiger partial charge in [0.1, 0.15) is 0 Å². The van der Waals surface area contributed by atoms with E-state index >= 15 is 0 Å². The normalized spacial score (nSPS) is 36.2. The lowest BCUT2D eigenvalue weighted by atomic mass is 9.96. The molecule has 0 aromatic heterocycles. The summed E-state index contributed by atoms with van der Waals surface area (Å²) in [7, 11) is 0. The minimum Gasteiger partial charge on any atom is -0.355 e. The number of hydrogen-bond acceptors (Lipinski definition) is 3. The molecular formula is C13H21N3O2. The summed E-state index contributed by atoms with van der Waals surface area (Å²) in [6, 6.07) is 0.986. The van der Waals surface area contributed by atoms with Crippen molar-refractivity contribution in [2.75, 3.05) is 19.6 Å². The van der Waals surface area contributed by atoms with E-state index in [1.807, 2.05) is 0 Å². The van der Waals surface area contributed by atoms with E-state index in [0.717, 1.165) is 19.4 Å². The molecule has 3 rings (SSSR count). The summed E-state index contributed by atoms with van der Waals surface area (Å²) in [5, 5.41) is 5.85. The van der Waals surface area contributed by atoms with Gasteiger partial charge >= 0.3 is 0 Å². The Bertz CT molecular complexity index is 358. The zero-order chi connectivity index (χ0) is 12.5. The number of nitrogens with one attached hydrogen (secondary N) is 2. The molecule has 5 nitrogen and oxygen atoms in total. The van der Waals surface area contributed by atoms with Crippen molar-refractivity contribution in [1.82, 2.24) is 15.5 Å². The number of fused-ring (bicyclic) bond motifs is 1. The Labute approximate surface area is 107 Å². The van der Waals surface area contributed by atoms with Crippen molar-refractivity contribution in [1.29, 1.82) is 0 Å². The molecule has 0 bridgehead atoms. The maximum atomic E-state index is 12.0. The van der Waals surface area contributed by atoms with E-state index in [0.29, 0.717) is 25.0 Å². The van der Waals surface area contributed by atoms with E-state index in [1.165, 1.54) is 19.4 Å². The number of carbonyl (C=O) groups excluding carboxylic acids is 2. The molecule has 3 atom stereocenters. The molecule has 18 heavy (non-hydrogen) atoms. The maximum Gasteiger partial charge on any atom is 0.225 e. The van der Waals surface area contributed by atoms with E-state index in [4.69, 9.17) is 0 Å². The fraction of sp³-hybridized carbons (Fsp3) is 0.846. The quantitative estimate of drug-likeness (QED) is 0.718. The molecule has 3 heterocycles. The molecule has 3 fully saturated rings. The van der Waals surface area contributed by atoms with Crippen molar-refractivity contribution in [3.05, 3.63) is 0 Å². The molecule has 0 radical (unpaired) electrons. The molecular weight excluding hydrogens is 230 g/mol. The lowest BCUT2D eigenvalue weighted by molar-refractivity contribution is -0.127. The minimum absolute atomic E-state index is 0.000706. The summed E-state index contributed by atoms with van der Waals surface area (Å²) in [5.74, 6) is -0.0929. The van der Waals surface area contributed by atoms with Crippen molar-refractivity contribution >= 4 is 11.8 Å². The highest BCUT2D eigenvalue weighted by molar-refractivity contribution is 5.89. The molecule has 3 aliphatic rings. The van der Waals surface area contributed by atoms with Gasteiger partial charge in [-0.3, -0.25) is 9.59 Å². The van der Waals surface area contributed by atoms with Crippen molar-refractivity contribution in [3.63, 3.8) is 0 Å². The SMILES string of the molecule is O=C1CC(C(=O)NC2CCN3CCCC3C2)CN1. The first-order valence-electron chi connectivity index (χ1n) is 7.03. The first-order valence-corrected chi connectivity index (χ1v) is 7.03. The van der Waals surface area contributed by atoms with Gasteiger partial charge in [0.05, 0.1) is 5.92 Å². The smallest absolute Gasteiger partial charge is 0.225 e. The average Bonchev–Trinajstić information content (AvgIpc) is 2.96. The standard InChI is InChI=1S/C13H21N3O2/c17-12-6-9(8-14-12)13(18)15-10-3-5-16-4-1-2-11(16)7-10/h9-11H,1-8H2,(H,14,17)(H,15,18). The van der Waals surface area contributed by atoms with Gasteiger partial charge in [0.25, 0.3) is 0 Å². The Kier molecular flexibility index (Phi) is 3.24. The summed E-state index contributed by atoms with van der Waals surface area (Å²) in [4.78, 5) is 25.7. The van der Waals surface area contributed by atoms with E-state index in [2.05, 4.69) is 15.5 Å². The summed E-state index contributed by atoms with van der Waals surface area (Å²) in [6.07, 6.45) is 5.06. The third-order valence-electron chi connectivity index (χ3n) is 4.52. The minimum atomic E-state index is -0.154. The molecule has 2 amide bonds. The largest absolute Gasteiger partial charge is 0.355 e. The molecule has 0 aliphatic carbocycles. The Morgan fingerprint density at radius 3 is 3.00 bits per heavy atom. The second kappa shape index (κ2) is 4.88. The first-order chi connectivity index (χ1) is 8.72. The van der Waals surface area contributed by atoms with Crippen LogP contribution in [0.1, 0.15) is 32.1 Å². The van der Waals surface area contributed by atoms with E-state index < -0.39 is 0 Å². The van der Waals surface area contributed by atoms with Crippen molar-refractivity contribution < 1.29 is 9.59 Å². The molecule has 0 spiro atoms. The highest BCUT2D eigenvalue weighted by atomic mass is 16.2. The van der Waals surface area contributed by atoms with Crippen LogP contribution in [-0.4, -0.2) is 48.4 Å². The van der Waals surface area contributed by atoms with Crippen LogP contribution < -0.4 is 10.6 Å². The molecule has 3 aliphatic heterocycles. The van der Waals surface area contributed by atoms with Crippen LogP contribution in [0.2, 0.25) is 0 Å². The topological polar surface area (TPSA) is 61.4 Å². The second-order valence-corrected chi connectivity index (χ2v) is 5.77. The zero-order valence-electron chi connectivity index (χ0n) is 10.7. The monoisotopic (exact) mass is 251 g/mol. The Morgan fingerprint density at radius 2 is 2.22 bits per heavy atom. The highest BCUT2D eigenvalue weighted by Crippen LogP contribution is 2.27. The molecule has 100 valence electrons. The summed E-state index contributed by atoms with van der Waals surface area (Å²) in [5.41, 5.74) is 0. The third-order valence-corrected chi connectivity index (χ3v) is 4.52. The van der Waals surface area contributed by atoms with Gasteiger partial charge in [-0.05, 0) is 32.2 Å². The predicted molar refractivity (Wildman–Crippen MR) is 66.9 cm³/mol. The Hall–Kier alpha value is -1.10. The van der Waals surface area contributed by atoms with Gasteiger partial charge in [-0.1, -0.05) is 0 Å². The average molecular weight is 251 g/mol. The van der Waals surface area contributed by atoms with E-state index in [1.54, 1.807) is 0 Å². The number of nitrogens with zero attached hydrogens (tertiary/aromatic N) is 1. The zero-order valence-corrected chi connectivity index (χ0v) is 10.7. The van der Waals surface area contributed by atoms with Crippen molar-refractivity contribution in [2.45, 2.75) is 44.2 Å². The fourth-order valence-electron chi connectivity index (χ4n) is 3.47. The van der Waals surface area contributed by atoms with Gasteiger partial charge in [0.2, 0.25) is 11.8 Å². The van der Waals surface area contributed by atoms with Crippen LogP contribution in [0, 0.1) is 5.92 Å². The van der Waals surface area contributed by atoms with Gasteiger partial charge in [0, 0.05) is 31.6 Å². The Morgan fingerprint density at radius 1 is 1.33 bits per heavy atom. The lowest BCUT2D eigenvalue weighted by Gasteiger charge is -2.35. The van der Waals surface area contributed by atoms with Crippen LogP contribution in [-0.2, 0) is 9.59 Å². The summed E-state index contributed by atoms with van der Waals surface area (Å²) >= 11 is 0. The molecule has 0 saturated carbocycles. The van der Waals surface area contributed by atoms with Crippen LogP contribution >= 0.6 is 0 Å².